The smallest absolute Gasteiger partial charge is 0.326 e. The zero-order valence-corrected chi connectivity index (χ0v) is 14.3. The highest BCUT2D eigenvalue weighted by Crippen LogP contribution is 2.20. The van der Waals surface area contributed by atoms with Crippen molar-refractivity contribution in [2.45, 2.75) is 64.8 Å². The summed E-state index contributed by atoms with van der Waals surface area (Å²) in [6.45, 7) is 4.50. The largest absolute Gasteiger partial charge is 0.480 e. The lowest BCUT2D eigenvalue weighted by Crippen LogP contribution is -2.46. The molecule has 2 heterocycles. The van der Waals surface area contributed by atoms with E-state index in [1.165, 1.54) is 0 Å². The molecule has 6 heteroatoms. The van der Waals surface area contributed by atoms with Gasteiger partial charge in [-0.25, -0.2) is 4.79 Å². The van der Waals surface area contributed by atoms with Gasteiger partial charge in [0.25, 0.3) is 0 Å². The van der Waals surface area contributed by atoms with Crippen LogP contribution in [0.5, 0.6) is 0 Å². The van der Waals surface area contributed by atoms with Gasteiger partial charge >= 0.3 is 5.97 Å². The Morgan fingerprint density at radius 3 is 2.52 bits per heavy atom. The van der Waals surface area contributed by atoms with Crippen LogP contribution in [0.3, 0.4) is 0 Å². The number of hydrogen-bond donors (Lipinski definition) is 1. The van der Waals surface area contributed by atoms with E-state index in [9.17, 15) is 14.7 Å². The molecule has 1 fully saturated rings. The second kappa shape index (κ2) is 7.62. The molecule has 128 valence electrons. The maximum Gasteiger partial charge on any atom is 0.326 e. The Bertz CT molecular complexity index is 580. The molecule has 1 aromatic heterocycles. The molecule has 0 saturated carbocycles. The van der Waals surface area contributed by atoms with Crippen molar-refractivity contribution in [2.75, 3.05) is 6.54 Å². The quantitative estimate of drug-likeness (QED) is 0.922. The van der Waals surface area contributed by atoms with Crippen LogP contribution in [0.4, 0.5) is 0 Å². The van der Waals surface area contributed by atoms with E-state index in [1.807, 2.05) is 25.6 Å². The molecule has 0 bridgehead atoms. The number of amides is 1. The Hall–Kier alpha value is -1.85. The van der Waals surface area contributed by atoms with Crippen LogP contribution >= 0.6 is 0 Å². The molecule has 1 atom stereocenters. The third-order valence-corrected chi connectivity index (χ3v) is 4.86. The number of carbonyl (C=O) groups excluding carboxylic acids is 1. The number of aromatic nitrogens is 2. The zero-order valence-electron chi connectivity index (χ0n) is 14.3. The average Bonchev–Trinajstić information content (AvgIpc) is 2.69. The molecule has 1 N–H and O–H groups in total. The number of nitrogens with zero attached hydrogens (tertiary/aromatic N) is 3. The van der Waals surface area contributed by atoms with Crippen LogP contribution in [0.25, 0.3) is 0 Å². The Balaban J connectivity index is 2.05. The normalized spacial score (nSPS) is 19.3. The maximum absolute atomic E-state index is 12.6. The zero-order chi connectivity index (χ0) is 17.0. The monoisotopic (exact) mass is 321 g/mol. The van der Waals surface area contributed by atoms with E-state index in [2.05, 4.69) is 5.10 Å². The molecule has 23 heavy (non-hydrogen) atoms. The molecular weight excluding hydrogens is 294 g/mol. The molecule has 1 aromatic rings. The van der Waals surface area contributed by atoms with E-state index < -0.39 is 12.0 Å². The Labute approximate surface area is 137 Å². The summed E-state index contributed by atoms with van der Waals surface area (Å²) in [5.41, 5.74) is 3.11. The van der Waals surface area contributed by atoms with Gasteiger partial charge in [0.1, 0.15) is 6.04 Å². The molecule has 1 unspecified atom stereocenters. The molecule has 1 aliphatic rings. The Morgan fingerprint density at radius 2 is 1.91 bits per heavy atom. The molecule has 1 saturated heterocycles. The fourth-order valence-corrected chi connectivity index (χ4v) is 3.40. The minimum atomic E-state index is -0.881. The van der Waals surface area contributed by atoms with Crippen LogP contribution in [-0.4, -0.2) is 44.3 Å². The first-order valence-corrected chi connectivity index (χ1v) is 8.43. The second-order valence-corrected chi connectivity index (χ2v) is 6.42. The summed E-state index contributed by atoms with van der Waals surface area (Å²) < 4.78 is 1.82. The van der Waals surface area contributed by atoms with Gasteiger partial charge in [-0.3, -0.25) is 9.48 Å². The van der Waals surface area contributed by atoms with Crippen LogP contribution in [0.2, 0.25) is 0 Å². The van der Waals surface area contributed by atoms with Crippen LogP contribution in [-0.2, 0) is 23.1 Å². The highest BCUT2D eigenvalue weighted by Gasteiger charge is 2.29. The highest BCUT2D eigenvalue weighted by molar-refractivity contribution is 5.83. The van der Waals surface area contributed by atoms with Gasteiger partial charge in [0.2, 0.25) is 5.91 Å². The minimum absolute atomic E-state index is 0.0537. The number of rotatable bonds is 4. The first-order chi connectivity index (χ1) is 10.9. The van der Waals surface area contributed by atoms with Gasteiger partial charge in [0, 0.05) is 25.7 Å². The van der Waals surface area contributed by atoms with Gasteiger partial charge in [-0.15, -0.1) is 0 Å². The first-order valence-electron chi connectivity index (χ1n) is 8.43. The lowest BCUT2D eigenvalue weighted by molar-refractivity contribution is -0.151. The number of aliphatic carboxylic acids is 1. The maximum atomic E-state index is 12.6. The molecule has 0 aromatic carbocycles. The van der Waals surface area contributed by atoms with Crippen molar-refractivity contribution in [3.05, 3.63) is 17.0 Å². The lowest BCUT2D eigenvalue weighted by atomic mass is 10.0. The molecule has 1 aliphatic heterocycles. The van der Waals surface area contributed by atoms with Gasteiger partial charge in [-0.2, -0.15) is 5.10 Å². The van der Waals surface area contributed by atoms with Crippen LogP contribution < -0.4 is 0 Å². The van der Waals surface area contributed by atoms with Gasteiger partial charge in [0.15, 0.2) is 0 Å². The summed E-state index contributed by atoms with van der Waals surface area (Å²) in [6, 6.07) is -0.668. The van der Waals surface area contributed by atoms with Crippen molar-refractivity contribution in [2.24, 2.45) is 7.05 Å². The van der Waals surface area contributed by atoms with Crippen molar-refractivity contribution in [1.29, 1.82) is 0 Å². The summed E-state index contributed by atoms with van der Waals surface area (Å²) in [4.78, 5) is 25.7. The predicted molar refractivity (Wildman–Crippen MR) is 87.2 cm³/mol. The third-order valence-electron chi connectivity index (χ3n) is 4.86. The van der Waals surface area contributed by atoms with E-state index in [4.69, 9.17) is 0 Å². The first kappa shape index (κ1) is 17.5. The van der Waals surface area contributed by atoms with Crippen molar-refractivity contribution in [3.63, 3.8) is 0 Å². The van der Waals surface area contributed by atoms with Crippen molar-refractivity contribution in [1.82, 2.24) is 14.7 Å². The molecule has 0 aliphatic carbocycles. The van der Waals surface area contributed by atoms with E-state index in [0.717, 1.165) is 42.6 Å². The number of carboxylic acids is 1. The Kier molecular flexibility index (Phi) is 5.80. The molecule has 0 radical (unpaired) electrons. The number of likely N-dealkylation sites (tertiary alicyclic amines) is 1. The number of carboxylic acid groups (broad SMARTS) is 1. The molecule has 1 amide bonds. The molecule has 0 spiro atoms. The fourth-order valence-electron chi connectivity index (χ4n) is 3.40. The van der Waals surface area contributed by atoms with E-state index in [-0.39, 0.29) is 5.91 Å². The summed E-state index contributed by atoms with van der Waals surface area (Å²) in [6.07, 6.45) is 5.41. The number of hydrogen-bond acceptors (Lipinski definition) is 3. The van der Waals surface area contributed by atoms with Gasteiger partial charge in [0.05, 0.1) is 5.69 Å². The number of aryl methyl sites for hydroxylation is 2. The molecule has 2 rings (SSSR count). The summed E-state index contributed by atoms with van der Waals surface area (Å²) in [7, 11) is 1.90. The van der Waals surface area contributed by atoms with Crippen LogP contribution in [0.1, 0.15) is 55.5 Å². The van der Waals surface area contributed by atoms with Gasteiger partial charge < -0.3 is 10.0 Å². The SMILES string of the molecule is Cc1nn(C)c(C)c1CCC(=O)N1CCCCCCC1C(=O)O. The number of carbonyl (C=O) groups is 2. The summed E-state index contributed by atoms with van der Waals surface area (Å²) in [5.74, 6) is -0.934. The Morgan fingerprint density at radius 1 is 1.22 bits per heavy atom. The fraction of sp³-hybridized carbons (Fsp3) is 0.706. The third kappa shape index (κ3) is 4.12. The van der Waals surface area contributed by atoms with Crippen molar-refractivity contribution in [3.8, 4) is 0 Å². The van der Waals surface area contributed by atoms with Crippen molar-refractivity contribution >= 4 is 11.9 Å². The second-order valence-electron chi connectivity index (χ2n) is 6.42. The van der Waals surface area contributed by atoms with E-state index >= 15 is 0 Å². The van der Waals surface area contributed by atoms with Crippen LogP contribution in [0.15, 0.2) is 0 Å². The summed E-state index contributed by atoms with van der Waals surface area (Å²) >= 11 is 0. The molecular formula is C17H27N3O3. The standard InChI is InChI=1S/C17H27N3O3/c1-12-14(13(2)19(3)18-12)9-10-16(21)20-11-7-5-4-6-8-15(20)17(22)23/h15H,4-11H2,1-3H3,(H,22,23). The van der Waals surface area contributed by atoms with Gasteiger partial charge in [-0.1, -0.05) is 19.3 Å². The predicted octanol–water partition coefficient (Wildman–Crippen LogP) is 2.22. The van der Waals surface area contributed by atoms with Crippen molar-refractivity contribution < 1.29 is 14.7 Å². The highest BCUT2D eigenvalue weighted by atomic mass is 16.4. The van der Waals surface area contributed by atoms with E-state index in [1.54, 1.807) is 4.90 Å². The van der Waals surface area contributed by atoms with Crippen LogP contribution in [0, 0.1) is 13.8 Å². The average molecular weight is 321 g/mol. The van der Waals surface area contributed by atoms with Gasteiger partial charge in [-0.05, 0) is 38.7 Å². The lowest BCUT2D eigenvalue weighted by Gasteiger charge is -2.31. The van der Waals surface area contributed by atoms with E-state index in [0.29, 0.717) is 25.8 Å². The minimum Gasteiger partial charge on any atom is -0.480 e. The topological polar surface area (TPSA) is 75.4 Å². The summed E-state index contributed by atoms with van der Waals surface area (Å²) in [5, 5.41) is 13.8. The molecule has 6 nitrogen and oxygen atoms in total.